The highest BCUT2D eigenvalue weighted by atomic mass is 32.1. The number of anilines is 1. The maximum Gasteiger partial charge on any atom is 0.157 e. The molecule has 27 heavy (non-hydrogen) atoms. The molecule has 0 aromatic carbocycles. The zero-order chi connectivity index (χ0) is 18.9. The summed E-state index contributed by atoms with van der Waals surface area (Å²) in [6, 6.07) is 7.92. The minimum absolute atomic E-state index is 0.0881. The first-order valence-electron chi connectivity index (χ1n) is 8.62. The molecule has 0 bridgehead atoms. The smallest absolute Gasteiger partial charge is 0.157 e. The molecule has 5 nitrogen and oxygen atoms in total. The van der Waals surface area contributed by atoms with Gasteiger partial charge in [-0.05, 0) is 45.0 Å². The number of hydrogen-bond acceptors (Lipinski definition) is 5. The Kier molecular flexibility index (Phi) is 4.38. The Morgan fingerprint density at radius 1 is 1.00 bits per heavy atom. The minimum Gasteiger partial charge on any atom is -0.365 e. The molecule has 0 amide bonds. The number of fused-ring (bicyclic) bond motifs is 1. The molecule has 0 fully saturated rings. The van der Waals surface area contributed by atoms with Gasteiger partial charge in [0.05, 0.1) is 16.0 Å². The van der Waals surface area contributed by atoms with Crippen LogP contribution in [0.2, 0.25) is 0 Å². The van der Waals surface area contributed by atoms with E-state index < -0.39 is 0 Å². The van der Waals surface area contributed by atoms with Gasteiger partial charge in [0.15, 0.2) is 5.65 Å². The van der Waals surface area contributed by atoms with Gasteiger partial charge in [0.25, 0.3) is 0 Å². The summed E-state index contributed by atoms with van der Waals surface area (Å²) in [5.41, 5.74) is 2.60. The van der Waals surface area contributed by atoms with Crippen LogP contribution in [0.15, 0.2) is 55.2 Å². The Balaban J connectivity index is 1.74. The highest BCUT2D eigenvalue weighted by Crippen LogP contribution is 2.34. The molecule has 4 aromatic rings. The van der Waals surface area contributed by atoms with Crippen LogP contribution >= 0.6 is 11.3 Å². The molecule has 0 radical (unpaired) electrons. The molecular formula is C21H19N5S. The van der Waals surface area contributed by atoms with Crippen LogP contribution in [0.1, 0.15) is 31.2 Å². The Morgan fingerprint density at radius 3 is 2.59 bits per heavy atom. The van der Waals surface area contributed by atoms with Crippen molar-refractivity contribution in [3.05, 3.63) is 65.7 Å². The van der Waals surface area contributed by atoms with Crippen LogP contribution in [0, 0.1) is 11.8 Å². The second kappa shape index (κ2) is 6.86. The van der Waals surface area contributed by atoms with Gasteiger partial charge < -0.3 is 5.32 Å². The topological polar surface area (TPSA) is 55.1 Å². The molecule has 0 aliphatic heterocycles. The Bertz CT molecular complexity index is 1140. The van der Waals surface area contributed by atoms with Gasteiger partial charge in [-0.2, -0.15) is 0 Å². The van der Waals surface area contributed by atoms with Gasteiger partial charge in [-0.15, -0.1) is 11.3 Å². The van der Waals surface area contributed by atoms with E-state index in [0.717, 1.165) is 32.5 Å². The van der Waals surface area contributed by atoms with Crippen molar-refractivity contribution in [3.63, 3.8) is 0 Å². The minimum atomic E-state index is -0.0881. The van der Waals surface area contributed by atoms with Crippen molar-refractivity contribution < 1.29 is 0 Å². The van der Waals surface area contributed by atoms with E-state index in [4.69, 9.17) is 4.98 Å². The summed E-state index contributed by atoms with van der Waals surface area (Å²) < 4.78 is 2.04. The van der Waals surface area contributed by atoms with Gasteiger partial charge in [0.1, 0.15) is 11.5 Å². The van der Waals surface area contributed by atoms with Gasteiger partial charge in [0, 0.05) is 35.9 Å². The Hall–Kier alpha value is -3.17. The maximum atomic E-state index is 4.79. The molecule has 6 heteroatoms. The molecule has 134 valence electrons. The van der Waals surface area contributed by atoms with E-state index in [-0.39, 0.29) is 5.54 Å². The number of nitrogens with one attached hydrogen (secondary N) is 1. The lowest BCUT2D eigenvalue weighted by Gasteiger charge is -2.22. The van der Waals surface area contributed by atoms with Crippen molar-refractivity contribution >= 4 is 22.8 Å². The predicted octanol–water partition coefficient (Wildman–Crippen LogP) is 4.46. The second-order valence-electron chi connectivity index (χ2n) is 7.14. The first kappa shape index (κ1) is 17.3. The van der Waals surface area contributed by atoms with E-state index in [1.165, 1.54) is 0 Å². The summed E-state index contributed by atoms with van der Waals surface area (Å²) >= 11 is 1.64. The van der Waals surface area contributed by atoms with Crippen molar-refractivity contribution in [1.82, 2.24) is 19.4 Å². The van der Waals surface area contributed by atoms with E-state index in [1.54, 1.807) is 36.1 Å². The van der Waals surface area contributed by atoms with Gasteiger partial charge in [0.2, 0.25) is 0 Å². The highest BCUT2D eigenvalue weighted by Gasteiger charge is 2.20. The van der Waals surface area contributed by atoms with Gasteiger partial charge in [-0.25, -0.2) is 4.98 Å². The second-order valence-corrected chi connectivity index (χ2v) is 8.22. The van der Waals surface area contributed by atoms with Crippen molar-refractivity contribution in [2.75, 3.05) is 5.32 Å². The summed E-state index contributed by atoms with van der Waals surface area (Å²) in [5.74, 6) is 7.37. The first-order valence-corrected chi connectivity index (χ1v) is 9.44. The zero-order valence-electron chi connectivity index (χ0n) is 15.4. The van der Waals surface area contributed by atoms with Crippen LogP contribution in [-0.4, -0.2) is 24.9 Å². The third kappa shape index (κ3) is 3.83. The van der Waals surface area contributed by atoms with E-state index in [9.17, 15) is 0 Å². The fraction of sp³-hybridized carbons (Fsp3) is 0.190. The normalized spacial score (nSPS) is 11.2. The highest BCUT2D eigenvalue weighted by molar-refractivity contribution is 7.16. The van der Waals surface area contributed by atoms with Crippen LogP contribution in [0.5, 0.6) is 0 Å². The molecule has 4 heterocycles. The molecule has 4 rings (SSSR count). The van der Waals surface area contributed by atoms with Crippen LogP contribution < -0.4 is 5.32 Å². The van der Waals surface area contributed by atoms with Crippen molar-refractivity contribution in [2.45, 2.75) is 26.3 Å². The first-order chi connectivity index (χ1) is 13.0. The fourth-order valence-corrected chi connectivity index (χ4v) is 3.50. The molecule has 1 N–H and O–H groups in total. The van der Waals surface area contributed by atoms with E-state index >= 15 is 0 Å². The summed E-state index contributed by atoms with van der Waals surface area (Å²) in [6.45, 7) is 6.41. The van der Waals surface area contributed by atoms with E-state index in [1.807, 2.05) is 28.8 Å². The molecule has 0 atom stereocenters. The van der Waals surface area contributed by atoms with Gasteiger partial charge in [-0.1, -0.05) is 11.8 Å². The third-order valence-corrected chi connectivity index (χ3v) is 4.78. The Morgan fingerprint density at radius 2 is 1.81 bits per heavy atom. The lowest BCUT2D eigenvalue weighted by molar-refractivity contribution is 0.629. The molecule has 0 saturated heterocycles. The third-order valence-electron chi connectivity index (χ3n) is 3.77. The lowest BCUT2D eigenvalue weighted by atomic mass is 10.1. The van der Waals surface area contributed by atoms with E-state index in [0.29, 0.717) is 0 Å². The number of aromatic nitrogens is 4. The van der Waals surface area contributed by atoms with Crippen molar-refractivity contribution in [1.29, 1.82) is 0 Å². The molecule has 4 aromatic heterocycles. The number of hydrogen-bond donors (Lipinski definition) is 1. The molecule has 0 spiro atoms. The van der Waals surface area contributed by atoms with Gasteiger partial charge in [-0.3, -0.25) is 14.4 Å². The molecule has 0 aliphatic rings. The number of rotatable bonds is 2. The lowest BCUT2D eigenvalue weighted by Crippen LogP contribution is -2.27. The number of thiophene rings is 1. The van der Waals surface area contributed by atoms with Crippen LogP contribution in [0.4, 0.5) is 5.82 Å². The quantitative estimate of drug-likeness (QED) is 0.527. The van der Waals surface area contributed by atoms with E-state index in [2.05, 4.69) is 54.0 Å². The molecular weight excluding hydrogens is 354 g/mol. The summed E-state index contributed by atoms with van der Waals surface area (Å²) in [6.07, 6.45) is 8.97. The monoisotopic (exact) mass is 373 g/mol. The summed E-state index contributed by atoms with van der Waals surface area (Å²) in [5, 5.41) is 3.57. The molecule has 0 aliphatic carbocycles. The van der Waals surface area contributed by atoms with Crippen molar-refractivity contribution in [2.24, 2.45) is 0 Å². The van der Waals surface area contributed by atoms with Crippen LogP contribution in [-0.2, 0) is 0 Å². The average molecular weight is 373 g/mol. The summed E-state index contributed by atoms with van der Waals surface area (Å²) in [7, 11) is 0. The zero-order valence-corrected chi connectivity index (χ0v) is 16.2. The summed E-state index contributed by atoms with van der Waals surface area (Å²) in [4.78, 5) is 15.1. The molecule has 0 unspecified atom stereocenters. The maximum absolute atomic E-state index is 4.79. The molecule has 0 saturated carbocycles. The van der Waals surface area contributed by atoms with Crippen molar-refractivity contribution in [3.8, 4) is 22.4 Å². The predicted molar refractivity (Wildman–Crippen MR) is 110 cm³/mol. The van der Waals surface area contributed by atoms with Gasteiger partial charge >= 0.3 is 0 Å². The Labute approximate surface area is 162 Å². The average Bonchev–Trinajstić information content (AvgIpc) is 3.25. The SMILES string of the molecule is CC(C)(C)Nc1c(-c2ccc(C#Cc3ccncc3)s2)nc2cnccn12. The largest absolute Gasteiger partial charge is 0.365 e. The van der Waals surface area contributed by atoms with Crippen LogP contribution in [0.25, 0.3) is 16.2 Å². The number of nitrogens with zero attached hydrogens (tertiary/aromatic N) is 4. The number of pyridine rings is 1. The standard InChI is InChI=1S/C21H19N5S/c1-21(2,3)25-20-19(24-18-14-23-12-13-26(18)20)17-7-6-16(27-17)5-4-15-8-10-22-11-9-15/h6-14,25H,1-3H3. The fourth-order valence-electron chi connectivity index (χ4n) is 2.65. The van der Waals surface area contributed by atoms with Crippen LogP contribution in [0.3, 0.4) is 0 Å². The number of imidazole rings is 1.